The van der Waals surface area contributed by atoms with Crippen molar-refractivity contribution in [2.75, 3.05) is 26.2 Å². The highest BCUT2D eigenvalue weighted by Crippen LogP contribution is 2.38. The van der Waals surface area contributed by atoms with Gasteiger partial charge in [-0.25, -0.2) is 0 Å². The summed E-state index contributed by atoms with van der Waals surface area (Å²) < 4.78 is 5.45. The molecule has 1 aliphatic heterocycles. The molecule has 1 aliphatic rings. The Balaban J connectivity index is 2.28. The topological polar surface area (TPSA) is 58.7 Å². The Morgan fingerprint density at radius 2 is 2.05 bits per heavy atom. The standard InChI is InChI=1S/C15H23ClN2O2/c1-2-20-14-9-11(8-12(16)15(14)19)13(10-17)18-6-4-3-5-7-18/h8-9,13,19H,2-7,10,17H2,1H3. The number of hydrogen-bond donors (Lipinski definition) is 2. The van der Waals surface area contributed by atoms with Gasteiger partial charge in [-0.1, -0.05) is 18.0 Å². The monoisotopic (exact) mass is 298 g/mol. The second-order valence-electron chi connectivity index (χ2n) is 5.13. The van der Waals surface area contributed by atoms with Gasteiger partial charge in [0, 0.05) is 12.6 Å². The van der Waals surface area contributed by atoms with Gasteiger partial charge in [0.15, 0.2) is 11.5 Å². The van der Waals surface area contributed by atoms with Gasteiger partial charge in [0.05, 0.1) is 11.6 Å². The number of piperidine rings is 1. The van der Waals surface area contributed by atoms with E-state index in [1.165, 1.54) is 19.3 Å². The average molecular weight is 299 g/mol. The van der Waals surface area contributed by atoms with E-state index in [0.29, 0.717) is 23.9 Å². The lowest BCUT2D eigenvalue weighted by molar-refractivity contribution is 0.167. The number of aromatic hydroxyl groups is 1. The number of rotatable bonds is 5. The third-order valence-electron chi connectivity index (χ3n) is 3.79. The van der Waals surface area contributed by atoms with Gasteiger partial charge in [0.1, 0.15) is 0 Å². The minimum absolute atomic E-state index is 0.00619. The second kappa shape index (κ2) is 7.16. The molecule has 0 bridgehead atoms. The Morgan fingerprint density at radius 1 is 1.35 bits per heavy atom. The largest absolute Gasteiger partial charge is 0.503 e. The van der Waals surface area contributed by atoms with Crippen molar-refractivity contribution in [3.8, 4) is 11.5 Å². The maximum Gasteiger partial charge on any atom is 0.176 e. The van der Waals surface area contributed by atoms with E-state index >= 15 is 0 Å². The van der Waals surface area contributed by atoms with Crippen molar-refractivity contribution < 1.29 is 9.84 Å². The van der Waals surface area contributed by atoms with Gasteiger partial charge in [0.25, 0.3) is 0 Å². The van der Waals surface area contributed by atoms with Crippen molar-refractivity contribution in [1.29, 1.82) is 0 Å². The lowest BCUT2D eigenvalue weighted by atomic mass is 10.0. The van der Waals surface area contributed by atoms with Crippen LogP contribution in [0.4, 0.5) is 0 Å². The minimum atomic E-state index is 0.00619. The zero-order valence-corrected chi connectivity index (χ0v) is 12.7. The summed E-state index contributed by atoms with van der Waals surface area (Å²) >= 11 is 6.11. The minimum Gasteiger partial charge on any atom is -0.503 e. The lowest BCUT2D eigenvalue weighted by Gasteiger charge is -2.34. The molecule has 1 heterocycles. The molecule has 0 radical (unpaired) electrons. The Bertz CT molecular complexity index is 448. The van der Waals surface area contributed by atoms with E-state index < -0.39 is 0 Å². The maximum absolute atomic E-state index is 9.92. The third-order valence-corrected chi connectivity index (χ3v) is 4.08. The van der Waals surface area contributed by atoms with Crippen molar-refractivity contribution >= 4 is 11.6 Å². The zero-order chi connectivity index (χ0) is 14.5. The average Bonchev–Trinajstić information content (AvgIpc) is 2.46. The van der Waals surface area contributed by atoms with Crippen LogP contribution in [0, 0.1) is 0 Å². The maximum atomic E-state index is 9.92. The molecule has 0 aromatic heterocycles. The van der Waals surface area contributed by atoms with Crippen LogP contribution in [0.15, 0.2) is 12.1 Å². The van der Waals surface area contributed by atoms with E-state index in [9.17, 15) is 5.11 Å². The van der Waals surface area contributed by atoms with Gasteiger partial charge in [-0.05, 0) is 50.6 Å². The van der Waals surface area contributed by atoms with Gasteiger partial charge in [0.2, 0.25) is 0 Å². The number of hydrogen-bond acceptors (Lipinski definition) is 4. The predicted octanol–water partition coefficient (Wildman–Crippen LogP) is 2.93. The van der Waals surface area contributed by atoms with Crippen molar-refractivity contribution in [2.45, 2.75) is 32.2 Å². The van der Waals surface area contributed by atoms with E-state index in [-0.39, 0.29) is 11.8 Å². The number of nitrogens with zero attached hydrogens (tertiary/aromatic N) is 1. The summed E-state index contributed by atoms with van der Waals surface area (Å²) in [5.41, 5.74) is 6.97. The first-order chi connectivity index (χ1) is 9.67. The first-order valence-corrected chi connectivity index (χ1v) is 7.64. The van der Waals surface area contributed by atoms with Crippen LogP contribution in [0.5, 0.6) is 11.5 Å². The molecule has 0 spiro atoms. The summed E-state index contributed by atoms with van der Waals surface area (Å²) in [6.45, 7) is 5.02. The molecular formula is C15H23ClN2O2. The normalized spacial score (nSPS) is 17.9. The highest BCUT2D eigenvalue weighted by molar-refractivity contribution is 6.32. The van der Waals surface area contributed by atoms with Gasteiger partial charge in [-0.2, -0.15) is 0 Å². The Hall–Kier alpha value is -0.970. The van der Waals surface area contributed by atoms with Crippen LogP contribution >= 0.6 is 11.6 Å². The molecule has 1 unspecified atom stereocenters. The second-order valence-corrected chi connectivity index (χ2v) is 5.54. The molecule has 1 atom stereocenters. The molecule has 4 nitrogen and oxygen atoms in total. The number of likely N-dealkylation sites (tertiary alicyclic amines) is 1. The number of phenols is 1. The molecule has 1 fully saturated rings. The molecule has 2 rings (SSSR count). The number of benzene rings is 1. The quantitative estimate of drug-likeness (QED) is 0.877. The summed E-state index contributed by atoms with van der Waals surface area (Å²) in [7, 11) is 0. The molecule has 112 valence electrons. The zero-order valence-electron chi connectivity index (χ0n) is 11.9. The van der Waals surface area contributed by atoms with E-state index in [4.69, 9.17) is 22.1 Å². The summed E-state index contributed by atoms with van der Waals surface area (Å²) in [6.07, 6.45) is 3.70. The summed E-state index contributed by atoms with van der Waals surface area (Å²) in [5.74, 6) is 0.442. The van der Waals surface area contributed by atoms with Gasteiger partial charge in [-0.15, -0.1) is 0 Å². The van der Waals surface area contributed by atoms with E-state index in [2.05, 4.69) is 4.90 Å². The third kappa shape index (κ3) is 3.37. The van der Waals surface area contributed by atoms with Gasteiger partial charge < -0.3 is 15.6 Å². The molecule has 0 amide bonds. The molecule has 20 heavy (non-hydrogen) atoms. The summed E-state index contributed by atoms with van der Waals surface area (Å²) in [5, 5.41) is 10.2. The van der Waals surface area contributed by atoms with Crippen molar-refractivity contribution in [1.82, 2.24) is 4.90 Å². The highest BCUT2D eigenvalue weighted by atomic mass is 35.5. The molecule has 3 N–H and O–H groups in total. The van der Waals surface area contributed by atoms with Crippen LogP contribution in [0.25, 0.3) is 0 Å². The first kappa shape index (κ1) is 15.4. The first-order valence-electron chi connectivity index (χ1n) is 7.26. The van der Waals surface area contributed by atoms with E-state index in [0.717, 1.165) is 18.7 Å². The number of halogens is 1. The van der Waals surface area contributed by atoms with E-state index in [1.807, 2.05) is 13.0 Å². The Morgan fingerprint density at radius 3 is 2.65 bits per heavy atom. The molecular weight excluding hydrogens is 276 g/mol. The number of phenolic OH excluding ortho intramolecular Hbond substituents is 1. The van der Waals surface area contributed by atoms with Crippen LogP contribution in [-0.2, 0) is 0 Å². The summed E-state index contributed by atoms with van der Waals surface area (Å²) in [6, 6.07) is 3.79. The Labute approximate surface area is 125 Å². The fraction of sp³-hybridized carbons (Fsp3) is 0.600. The van der Waals surface area contributed by atoms with Crippen molar-refractivity contribution in [3.63, 3.8) is 0 Å². The molecule has 1 aromatic carbocycles. The lowest BCUT2D eigenvalue weighted by Crippen LogP contribution is -2.37. The predicted molar refractivity (Wildman–Crippen MR) is 81.5 cm³/mol. The highest BCUT2D eigenvalue weighted by Gasteiger charge is 2.23. The fourth-order valence-electron chi connectivity index (χ4n) is 2.78. The number of ether oxygens (including phenoxy) is 1. The fourth-order valence-corrected chi connectivity index (χ4v) is 3.00. The van der Waals surface area contributed by atoms with Crippen LogP contribution < -0.4 is 10.5 Å². The SMILES string of the molecule is CCOc1cc(C(CN)N2CCCCC2)cc(Cl)c1O. The molecule has 0 saturated carbocycles. The summed E-state index contributed by atoms with van der Waals surface area (Å²) in [4.78, 5) is 2.39. The van der Waals surface area contributed by atoms with Crippen molar-refractivity contribution in [3.05, 3.63) is 22.7 Å². The van der Waals surface area contributed by atoms with E-state index in [1.54, 1.807) is 6.07 Å². The Kier molecular flexibility index (Phi) is 5.52. The van der Waals surface area contributed by atoms with Crippen LogP contribution in [0.3, 0.4) is 0 Å². The number of nitrogens with two attached hydrogens (primary N) is 1. The van der Waals surface area contributed by atoms with Crippen LogP contribution in [0.1, 0.15) is 37.8 Å². The van der Waals surface area contributed by atoms with Gasteiger partial charge >= 0.3 is 0 Å². The molecule has 1 saturated heterocycles. The van der Waals surface area contributed by atoms with Crippen molar-refractivity contribution in [2.24, 2.45) is 5.73 Å². The smallest absolute Gasteiger partial charge is 0.176 e. The molecule has 0 aliphatic carbocycles. The van der Waals surface area contributed by atoms with Gasteiger partial charge in [-0.3, -0.25) is 4.90 Å². The van der Waals surface area contributed by atoms with Crippen LogP contribution in [0.2, 0.25) is 5.02 Å². The van der Waals surface area contributed by atoms with Crippen LogP contribution in [-0.4, -0.2) is 36.2 Å². The molecule has 1 aromatic rings. The molecule has 5 heteroatoms.